The van der Waals surface area contributed by atoms with Gasteiger partial charge in [-0.05, 0) is 32.2 Å². The van der Waals surface area contributed by atoms with Gasteiger partial charge in [-0.25, -0.2) is 4.98 Å². The number of hydrogen-bond acceptors (Lipinski definition) is 2. The van der Waals surface area contributed by atoms with Crippen molar-refractivity contribution in [3.05, 3.63) is 18.2 Å². The first-order valence-corrected chi connectivity index (χ1v) is 7.36. The van der Waals surface area contributed by atoms with Crippen LogP contribution < -0.4 is 5.32 Å². The lowest BCUT2D eigenvalue weighted by Crippen LogP contribution is -2.14. The smallest absolute Gasteiger partial charge is 0.0952 e. The Labute approximate surface area is 112 Å². The van der Waals surface area contributed by atoms with Gasteiger partial charge < -0.3 is 9.88 Å². The molecule has 0 aromatic carbocycles. The third-order valence-corrected chi connectivity index (χ3v) is 3.30. The molecule has 3 nitrogen and oxygen atoms in total. The number of nitrogens with zero attached hydrogens (tertiary/aromatic N) is 2. The highest BCUT2D eigenvalue weighted by molar-refractivity contribution is 4.97. The molecule has 1 unspecified atom stereocenters. The molecule has 0 radical (unpaired) electrons. The lowest BCUT2D eigenvalue weighted by Gasteiger charge is -2.13. The first-order valence-electron chi connectivity index (χ1n) is 7.36. The summed E-state index contributed by atoms with van der Waals surface area (Å²) in [4.78, 5) is 4.45. The Balaban J connectivity index is 2.32. The zero-order valence-electron chi connectivity index (χ0n) is 12.4. The minimum absolute atomic E-state index is 0.566. The van der Waals surface area contributed by atoms with Gasteiger partial charge in [-0.15, -0.1) is 0 Å². The second-order valence-corrected chi connectivity index (χ2v) is 5.66. The van der Waals surface area contributed by atoms with Crippen LogP contribution in [0.4, 0.5) is 0 Å². The lowest BCUT2D eigenvalue weighted by molar-refractivity contribution is 0.446. The molecule has 1 N–H and O–H groups in total. The van der Waals surface area contributed by atoms with Crippen molar-refractivity contribution < 1.29 is 0 Å². The van der Waals surface area contributed by atoms with Crippen molar-refractivity contribution in [1.29, 1.82) is 0 Å². The first kappa shape index (κ1) is 15.2. The van der Waals surface area contributed by atoms with E-state index < -0.39 is 0 Å². The van der Waals surface area contributed by atoms with Crippen LogP contribution >= 0.6 is 0 Å². The molecule has 1 rings (SSSR count). The van der Waals surface area contributed by atoms with Gasteiger partial charge in [0.05, 0.1) is 12.0 Å². The standard InChI is InChI=1S/C15H29N3/c1-5-9-16-10-15-11-18(12-17-15)14(4)8-6-7-13(2)3/h11-14,16H,5-10H2,1-4H3. The molecule has 0 aliphatic heterocycles. The van der Waals surface area contributed by atoms with E-state index in [1.807, 2.05) is 6.33 Å². The van der Waals surface area contributed by atoms with Crippen LogP contribution in [-0.2, 0) is 6.54 Å². The van der Waals surface area contributed by atoms with E-state index in [2.05, 4.69) is 48.8 Å². The number of rotatable bonds is 9. The Morgan fingerprint density at radius 2 is 2.06 bits per heavy atom. The summed E-state index contributed by atoms with van der Waals surface area (Å²) in [6.45, 7) is 11.0. The first-order chi connectivity index (χ1) is 8.63. The Morgan fingerprint density at radius 1 is 1.28 bits per heavy atom. The van der Waals surface area contributed by atoms with Crippen molar-refractivity contribution in [2.45, 2.75) is 66.0 Å². The molecule has 1 atom stereocenters. The van der Waals surface area contributed by atoms with E-state index in [0.29, 0.717) is 6.04 Å². The highest BCUT2D eigenvalue weighted by Gasteiger charge is 2.06. The van der Waals surface area contributed by atoms with Gasteiger partial charge >= 0.3 is 0 Å². The number of hydrogen-bond donors (Lipinski definition) is 1. The summed E-state index contributed by atoms with van der Waals surface area (Å²) in [7, 11) is 0. The van der Waals surface area contributed by atoms with E-state index in [0.717, 1.165) is 24.7 Å². The van der Waals surface area contributed by atoms with Gasteiger partial charge in [0.25, 0.3) is 0 Å². The second kappa shape index (κ2) is 8.30. The van der Waals surface area contributed by atoms with Gasteiger partial charge in [0.1, 0.15) is 0 Å². The fourth-order valence-corrected chi connectivity index (χ4v) is 2.08. The minimum atomic E-state index is 0.566. The van der Waals surface area contributed by atoms with Crippen LogP contribution in [0.25, 0.3) is 0 Å². The fourth-order valence-electron chi connectivity index (χ4n) is 2.08. The molecular formula is C15H29N3. The number of imidazole rings is 1. The molecule has 104 valence electrons. The van der Waals surface area contributed by atoms with Gasteiger partial charge in [0, 0.05) is 18.8 Å². The molecule has 1 heterocycles. The van der Waals surface area contributed by atoms with E-state index in [4.69, 9.17) is 0 Å². The van der Waals surface area contributed by atoms with Crippen molar-refractivity contribution >= 4 is 0 Å². The minimum Gasteiger partial charge on any atom is -0.334 e. The van der Waals surface area contributed by atoms with Crippen molar-refractivity contribution in [3.8, 4) is 0 Å². The topological polar surface area (TPSA) is 29.9 Å². The number of aromatic nitrogens is 2. The average Bonchev–Trinajstić information content (AvgIpc) is 2.77. The van der Waals surface area contributed by atoms with E-state index in [-0.39, 0.29) is 0 Å². The van der Waals surface area contributed by atoms with E-state index in [1.54, 1.807) is 0 Å². The zero-order valence-corrected chi connectivity index (χ0v) is 12.4. The monoisotopic (exact) mass is 251 g/mol. The van der Waals surface area contributed by atoms with Crippen LogP contribution in [0, 0.1) is 5.92 Å². The number of nitrogens with one attached hydrogen (secondary N) is 1. The normalized spacial score (nSPS) is 13.2. The van der Waals surface area contributed by atoms with Crippen LogP contribution in [0.2, 0.25) is 0 Å². The summed E-state index contributed by atoms with van der Waals surface area (Å²) in [6.07, 6.45) is 9.21. The van der Waals surface area contributed by atoms with Gasteiger partial charge in [-0.3, -0.25) is 0 Å². The Bertz CT molecular complexity index is 317. The molecule has 3 heteroatoms. The molecule has 0 saturated heterocycles. The summed E-state index contributed by atoms with van der Waals surface area (Å²) in [5.41, 5.74) is 1.15. The Morgan fingerprint density at radius 3 is 2.72 bits per heavy atom. The van der Waals surface area contributed by atoms with E-state index in [9.17, 15) is 0 Å². The van der Waals surface area contributed by atoms with Crippen LogP contribution in [0.1, 0.15) is 65.1 Å². The highest BCUT2D eigenvalue weighted by Crippen LogP contribution is 2.17. The van der Waals surface area contributed by atoms with Gasteiger partial charge in [-0.2, -0.15) is 0 Å². The Kier molecular flexibility index (Phi) is 7.02. The molecule has 0 aliphatic carbocycles. The third-order valence-electron chi connectivity index (χ3n) is 3.30. The summed E-state index contributed by atoms with van der Waals surface area (Å²) in [5, 5.41) is 3.39. The van der Waals surface area contributed by atoms with Crippen molar-refractivity contribution in [1.82, 2.24) is 14.9 Å². The second-order valence-electron chi connectivity index (χ2n) is 5.66. The summed E-state index contributed by atoms with van der Waals surface area (Å²) < 4.78 is 2.25. The van der Waals surface area contributed by atoms with Crippen LogP contribution in [0.3, 0.4) is 0 Å². The SMILES string of the molecule is CCCNCc1cn(C(C)CCCC(C)C)cn1. The Hall–Kier alpha value is -0.830. The van der Waals surface area contributed by atoms with Crippen molar-refractivity contribution in [2.75, 3.05) is 6.54 Å². The molecule has 0 spiro atoms. The fraction of sp³-hybridized carbons (Fsp3) is 0.800. The van der Waals surface area contributed by atoms with Crippen LogP contribution in [0.5, 0.6) is 0 Å². The van der Waals surface area contributed by atoms with Crippen LogP contribution in [0.15, 0.2) is 12.5 Å². The molecule has 0 fully saturated rings. The van der Waals surface area contributed by atoms with E-state index in [1.165, 1.54) is 25.7 Å². The lowest BCUT2D eigenvalue weighted by atomic mass is 10.0. The maximum Gasteiger partial charge on any atom is 0.0952 e. The molecule has 0 amide bonds. The average molecular weight is 251 g/mol. The molecule has 1 aromatic heterocycles. The summed E-state index contributed by atoms with van der Waals surface area (Å²) in [5.74, 6) is 0.814. The third kappa shape index (κ3) is 5.67. The molecule has 0 aliphatic rings. The highest BCUT2D eigenvalue weighted by atomic mass is 15.1. The molecule has 18 heavy (non-hydrogen) atoms. The van der Waals surface area contributed by atoms with E-state index >= 15 is 0 Å². The van der Waals surface area contributed by atoms with Gasteiger partial charge in [0.15, 0.2) is 0 Å². The molecule has 0 saturated carbocycles. The molecule has 1 aromatic rings. The van der Waals surface area contributed by atoms with Crippen molar-refractivity contribution in [2.24, 2.45) is 5.92 Å². The maximum atomic E-state index is 4.45. The summed E-state index contributed by atoms with van der Waals surface area (Å²) in [6, 6.07) is 0.566. The van der Waals surface area contributed by atoms with Gasteiger partial charge in [-0.1, -0.05) is 33.6 Å². The largest absolute Gasteiger partial charge is 0.334 e. The maximum absolute atomic E-state index is 4.45. The quantitative estimate of drug-likeness (QED) is 0.677. The predicted octanol–water partition coefficient (Wildman–Crippen LogP) is 3.77. The summed E-state index contributed by atoms with van der Waals surface area (Å²) >= 11 is 0. The molecule has 0 bridgehead atoms. The predicted molar refractivity (Wildman–Crippen MR) is 77.6 cm³/mol. The van der Waals surface area contributed by atoms with Gasteiger partial charge in [0.2, 0.25) is 0 Å². The molecular weight excluding hydrogens is 222 g/mol. The zero-order chi connectivity index (χ0) is 13.4. The van der Waals surface area contributed by atoms with Crippen LogP contribution in [-0.4, -0.2) is 16.1 Å². The van der Waals surface area contributed by atoms with Crippen molar-refractivity contribution in [3.63, 3.8) is 0 Å².